The quantitative estimate of drug-likeness (QED) is 0.728. The van der Waals surface area contributed by atoms with Gasteiger partial charge in [-0.3, -0.25) is 0 Å². The summed E-state index contributed by atoms with van der Waals surface area (Å²) in [7, 11) is 0. The Morgan fingerprint density at radius 1 is 1.09 bits per heavy atom. The van der Waals surface area contributed by atoms with Crippen LogP contribution in [0, 0.1) is 13.8 Å². The summed E-state index contributed by atoms with van der Waals surface area (Å²) in [6.07, 6.45) is 1.53. The lowest BCUT2D eigenvalue weighted by atomic mass is 10.1. The van der Waals surface area contributed by atoms with Gasteiger partial charge in [0.2, 0.25) is 0 Å². The number of aryl methyl sites for hydroxylation is 2. The minimum absolute atomic E-state index is 0.0546. The lowest BCUT2D eigenvalue weighted by Crippen LogP contribution is -2.37. The highest BCUT2D eigenvalue weighted by Crippen LogP contribution is 2.16. The third-order valence-corrected chi connectivity index (χ3v) is 4.73. The molecule has 0 atom stereocenters. The van der Waals surface area contributed by atoms with Crippen LogP contribution in [0.15, 0.2) is 24.3 Å². The van der Waals surface area contributed by atoms with E-state index in [0.29, 0.717) is 13.1 Å². The van der Waals surface area contributed by atoms with Crippen molar-refractivity contribution < 1.29 is 9.90 Å². The standard InChI is InChI=1S/C17H23N3O2S/c1-12-13(2)23-16(20-12)8-10-19-17(22)18-9-7-14-3-5-15(11-21)6-4-14/h3-6,21H,7-11H2,1-2H3,(H2,18,19,22). The molecule has 0 radical (unpaired) electrons. The van der Waals surface area contributed by atoms with Gasteiger partial charge in [-0.25, -0.2) is 9.78 Å². The number of aliphatic hydroxyl groups is 1. The van der Waals surface area contributed by atoms with Crippen molar-refractivity contribution in [3.8, 4) is 0 Å². The molecule has 2 aromatic rings. The Labute approximate surface area is 140 Å². The first-order valence-corrected chi connectivity index (χ1v) is 8.53. The Morgan fingerprint density at radius 3 is 2.26 bits per heavy atom. The molecular formula is C17H23N3O2S. The zero-order valence-corrected chi connectivity index (χ0v) is 14.4. The summed E-state index contributed by atoms with van der Waals surface area (Å²) in [6.45, 7) is 5.29. The molecule has 5 nitrogen and oxygen atoms in total. The van der Waals surface area contributed by atoms with Gasteiger partial charge in [0, 0.05) is 24.4 Å². The monoisotopic (exact) mass is 333 g/mol. The van der Waals surface area contributed by atoms with Crippen LogP contribution in [-0.2, 0) is 19.4 Å². The molecule has 0 saturated heterocycles. The predicted octanol–water partition coefficient (Wildman–Crippen LogP) is 2.34. The molecule has 124 valence electrons. The van der Waals surface area contributed by atoms with Crippen molar-refractivity contribution in [2.24, 2.45) is 0 Å². The number of hydrogen-bond donors (Lipinski definition) is 3. The van der Waals surface area contributed by atoms with E-state index in [1.807, 2.05) is 31.2 Å². The largest absolute Gasteiger partial charge is 0.392 e. The minimum atomic E-state index is -0.151. The van der Waals surface area contributed by atoms with E-state index in [2.05, 4.69) is 22.5 Å². The molecule has 0 fully saturated rings. The molecule has 2 rings (SSSR count). The molecule has 6 heteroatoms. The Hall–Kier alpha value is -1.92. The minimum Gasteiger partial charge on any atom is -0.392 e. The number of carbonyl (C=O) groups is 1. The van der Waals surface area contributed by atoms with Crippen LogP contribution in [0.25, 0.3) is 0 Å². The van der Waals surface area contributed by atoms with Crippen molar-refractivity contribution in [1.82, 2.24) is 15.6 Å². The van der Waals surface area contributed by atoms with Crippen molar-refractivity contribution in [3.05, 3.63) is 51.0 Å². The number of urea groups is 1. The summed E-state index contributed by atoms with van der Waals surface area (Å²) in [4.78, 5) is 17.4. The molecule has 0 bridgehead atoms. The topological polar surface area (TPSA) is 74.2 Å². The fourth-order valence-corrected chi connectivity index (χ4v) is 3.06. The SMILES string of the molecule is Cc1nc(CCNC(=O)NCCc2ccc(CO)cc2)sc1C. The fourth-order valence-electron chi connectivity index (χ4n) is 2.12. The fraction of sp³-hybridized carbons (Fsp3) is 0.412. The van der Waals surface area contributed by atoms with Gasteiger partial charge in [-0.1, -0.05) is 24.3 Å². The third kappa shape index (κ3) is 5.65. The van der Waals surface area contributed by atoms with E-state index < -0.39 is 0 Å². The van der Waals surface area contributed by atoms with Gasteiger partial charge in [0.25, 0.3) is 0 Å². The number of amides is 2. The number of carbonyl (C=O) groups excluding carboxylic acids is 1. The Bertz CT molecular complexity index is 618. The summed E-state index contributed by atoms with van der Waals surface area (Å²) < 4.78 is 0. The summed E-state index contributed by atoms with van der Waals surface area (Å²) in [6, 6.07) is 7.58. The zero-order valence-electron chi connectivity index (χ0n) is 13.6. The molecule has 0 saturated carbocycles. The second-order valence-electron chi connectivity index (χ2n) is 5.41. The van der Waals surface area contributed by atoms with Crippen LogP contribution in [0.1, 0.15) is 26.7 Å². The van der Waals surface area contributed by atoms with Gasteiger partial charge < -0.3 is 15.7 Å². The summed E-state index contributed by atoms with van der Waals surface area (Å²) in [5, 5.41) is 15.7. The van der Waals surface area contributed by atoms with Gasteiger partial charge >= 0.3 is 6.03 Å². The predicted molar refractivity (Wildman–Crippen MR) is 92.8 cm³/mol. The molecule has 1 aromatic carbocycles. The van der Waals surface area contributed by atoms with E-state index >= 15 is 0 Å². The van der Waals surface area contributed by atoms with Crippen molar-refractivity contribution in [1.29, 1.82) is 0 Å². The summed E-state index contributed by atoms with van der Waals surface area (Å²) >= 11 is 1.68. The molecule has 0 aliphatic heterocycles. The van der Waals surface area contributed by atoms with E-state index in [1.165, 1.54) is 4.88 Å². The number of rotatable bonds is 7. The second-order valence-corrected chi connectivity index (χ2v) is 6.69. The van der Waals surface area contributed by atoms with Crippen LogP contribution in [0.3, 0.4) is 0 Å². The lowest BCUT2D eigenvalue weighted by molar-refractivity contribution is 0.241. The molecule has 3 N–H and O–H groups in total. The van der Waals surface area contributed by atoms with Gasteiger partial charge in [-0.05, 0) is 31.4 Å². The number of nitrogens with zero attached hydrogens (tertiary/aromatic N) is 1. The number of aromatic nitrogens is 1. The Morgan fingerprint density at radius 2 is 1.70 bits per heavy atom. The van der Waals surface area contributed by atoms with Crippen LogP contribution >= 0.6 is 11.3 Å². The normalized spacial score (nSPS) is 10.6. The van der Waals surface area contributed by atoms with Gasteiger partial charge in [0.15, 0.2) is 0 Å². The first kappa shape index (κ1) is 17.4. The van der Waals surface area contributed by atoms with E-state index in [4.69, 9.17) is 5.11 Å². The maximum Gasteiger partial charge on any atom is 0.314 e. The molecule has 0 aliphatic rings. The molecule has 0 aliphatic carbocycles. The highest BCUT2D eigenvalue weighted by molar-refractivity contribution is 7.11. The molecule has 1 heterocycles. The van der Waals surface area contributed by atoms with Crippen LogP contribution in [0.4, 0.5) is 4.79 Å². The molecule has 0 spiro atoms. The Kier molecular flexibility index (Phi) is 6.55. The number of thiazole rings is 1. The number of hydrogen-bond acceptors (Lipinski definition) is 4. The maximum absolute atomic E-state index is 11.7. The van der Waals surface area contributed by atoms with Crippen molar-refractivity contribution in [3.63, 3.8) is 0 Å². The smallest absolute Gasteiger partial charge is 0.314 e. The summed E-state index contributed by atoms with van der Waals surface area (Å²) in [5.41, 5.74) is 3.10. The van der Waals surface area contributed by atoms with Crippen molar-refractivity contribution >= 4 is 17.4 Å². The average Bonchev–Trinajstić information content (AvgIpc) is 2.86. The van der Waals surface area contributed by atoms with E-state index in [1.54, 1.807) is 11.3 Å². The molecule has 0 unspecified atom stereocenters. The van der Waals surface area contributed by atoms with Gasteiger partial charge in [0.05, 0.1) is 17.3 Å². The van der Waals surface area contributed by atoms with E-state index in [-0.39, 0.29) is 12.6 Å². The van der Waals surface area contributed by atoms with Crippen LogP contribution in [0.5, 0.6) is 0 Å². The van der Waals surface area contributed by atoms with E-state index in [0.717, 1.165) is 34.7 Å². The third-order valence-electron chi connectivity index (χ3n) is 3.60. The average molecular weight is 333 g/mol. The molecule has 23 heavy (non-hydrogen) atoms. The van der Waals surface area contributed by atoms with Crippen molar-refractivity contribution in [2.75, 3.05) is 13.1 Å². The maximum atomic E-state index is 11.7. The first-order valence-electron chi connectivity index (χ1n) is 7.71. The Balaban J connectivity index is 1.62. The molecular weight excluding hydrogens is 310 g/mol. The van der Waals surface area contributed by atoms with Crippen molar-refractivity contribution in [2.45, 2.75) is 33.3 Å². The number of benzene rings is 1. The highest BCUT2D eigenvalue weighted by Gasteiger charge is 2.05. The lowest BCUT2D eigenvalue weighted by Gasteiger charge is -2.07. The molecule has 1 aromatic heterocycles. The van der Waals surface area contributed by atoms with Gasteiger partial charge in [-0.15, -0.1) is 11.3 Å². The van der Waals surface area contributed by atoms with Crippen LogP contribution < -0.4 is 10.6 Å². The highest BCUT2D eigenvalue weighted by atomic mass is 32.1. The first-order chi connectivity index (χ1) is 11.1. The van der Waals surface area contributed by atoms with Crippen LogP contribution in [-0.4, -0.2) is 29.2 Å². The molecule has 2 amide bonds. The van der Waals surface area contributed by atoms with Gasteiger partial charge in [-0.2, -0.15) is 0 Å². The number of aliphatic hydroxyl groups excluding tert-OH is 1. The number of nitrogens with one attached hydrogen (secondary N) is 2. The summed E-state index contributed by atoms with van der Waals surface area (Å²) in [5.74, 6) is 0. The van der Waals surface area contributed by atoms with Gasteiger partial charge in [0.1, 0.15) is 0 Å². The zero-order chi connectivity index (χ0) is 16.7. The van der Waals surface area contributed by atoms with Crippen LogP contribution in [0.2, 0.25) is 0 Å². The second kappa shape index (κ2) is 8.64. The van der Waals surface area contributed by atoms with E-state index in [9.17, 15) is 4.79 Å².